The van der Waals surface area contributed by atoms with Gasteiger partial charge in [0, 0.05) is 36.3 Å². The Morgan fingerprint density at radius 3 is 2.52 bits per heavy atom. The maximum absolute atomic E-state index is 12.6. The average molecular weight is 359 g/mol. The molecule has 1 aliphatic heterocycles. The number of ketones is 1. The molecule has 1 amide bonds. The molecule has 0 spiro atoms. The van der Waals surface area contributed by atoms with E-state index in [-0.39, 0.29) is 36.9 Å². The van der Waals surface area contributed by atoms with Crippen molar-refractivity contribution in [2.45, 2.75) is 32.6 Å². The molecule has 5 heteroatoms. The third-order valence-corrected chi connectivity index (χ3v) is 4.53. The number of rotatable bonds is 4. The first-order valence-corrected chi connectivity index (χ1v) is 8.34. The SMILES string of the molecule is Cc1ccc(C(=O)CCC(=O)N2CCCc3c(N)cccc32)cc1.Cl. The van der Waals surface area contributed by atoms with Gasteiger partial charge in [-0.3, -0.25) is 9.59 Å². The molecule has 25 heavy (non-hydrogen) atoms. The van der Waals surface area contributed by atoms with Gasteiger partial charge in [0.05, 0.1) is 0 Å². The second-order valence-corrected chi connectivity index (χ2v) is 6.28. The minimum Gasteiger partial charge on any atom is -0.398 e. The van der Waals surface area contributed by atoms with Crippen LogP contribution in [0.3, 0.4) is 0 Å². The Bertz CT molecular complexity index is 772. The van der Waals surface area contributed by atoms with Crippen molar-refractivity contribution in [2.75, 3.05) is 17.2 Å². The monoisotopic (exact) mass is 358 g/mol. The number of carbonyl (C=O) groups is 2. The number of hydrogen-bond acceptors (Lipinski definition) is 3. The summed E-state index contributed by atoms with van der Waals surface area (Å²) in [6.45, 7) is 2.67. The number of carbonyl (C=O) groups excluding carboxylic acids is 2. The molecule has 3 rings (SSSR count). The molecule has 0 saturated heterocycles. The highest BCUT2D eigenvalue weighted by atomic mass is 35.5. The third-order valence-electron chi connectivity index (χ3n) is 4.53. The fourth-order valence-corrected chi connectivity index (χ4v) is 3.15. The molecule has 2 aromatic carbocycles. The van der Waals surface area contributed by atoms with E-state index in [1.807, 2.05) is 49.4 Å². The Balaban J connectivity index is 0.00000225. The van der Waals surface area contributed by atoms with Gasteiger partial charge in [0.25, 0.3) is 0 Å². The quantitative estimate of drug-likeness (QED) is 0.665. The molecule has 132 valence electrons. The molecule has 1 heterocycles. The standard InChI is InChI=1S/C20H22N2O2.ClH/c1-14-7-9-15(10-8-14)19(23)11-12-20(24)22-13-3-4-16-17(21)5-2-6-18(16)22;/h2,5-10H,3-4,11-13,21H2,1H3;1H. The fourth-order valence-electron chi connectivity index (χ4n) is 3.15. The molecule has 0 atom stereocenters. The summed E-state index contributed by atoms with van der Waals surface area (Å²) in [6.07, 6.45) is 2.25. The van der Waals surface area contributed by atoms with Gasteiger partial charge in [-0.05, 0) is 37.5 Å². The summed E-state index contributed by atoms with van der Waals surface area (Å²) in [5.74, 6) is -0.00447. The minimum atomic E-state index is -0.0120. The van der Waals surface area contributed by atoms with Gasteiger partial charge in [0.15, 0.2) is 5.78 Å². The molecule has 0 unspecified atom stereocenters. The number of nitrogens with two attached hydrogens (primary N) is 1. The van der Waals surface area contributed by atoms with Gasteiger partial charge in [0.1, 0.15) is 0 Å². The zero-order valence-electron chi connectivity index (χ0n) is 14.3. The highest BCUT2D eigenvalue weighted by Crippen LogP contribution is 2.31. The maximum atomic E-state index is 12.6. The van der Waals surface area contributed by atoms with Crippen molar-refractivity contribution in [3.8, 4) is 0 Å². The molecule has 0 saturated carbocycles. The van der Waals surface area contributed by atoms with E-state index < -0.39 is 0 Å². The van der Waals surface area contributed by atoms with Crippen LogP contribution in [-0.2, 0) is 11.2 Å². The summed E-state index contributed by atoms with van der Waals surface area (Å²) in [6, 6.07) is 13.1. The number of nitrogens with zero attached hydrogens (tertiary/aromatic N) is 1. The van der Waals surface area contributed by atoms with Gasteiger partial charge < -0.3 is 10.6 Å². The van der Waals surface area contributed by atoms with Gasteiger partial charge in [-0.2, -0.15) is 0 Å². The number of amides is 1. The Morgan fingerprint density at radius 1 is 1.08 bits per heavy atom. The van der Waals surface area contributed by atoms with Crippen molar-refractivity contribution < 1.29 is 9.59 Å². The van der Waals surface area contributed by atoms with E-state index in [1.54, 1.807) is 4.90 Å². The van der Waals surface area contributed by atoms with Crippen LogP contribution in [0.25, 0.3) is 0 Å². The number of aryl methyl sites for hydroxylation is 1. The van der Waals surface area contributed by atoms with Gasteiger partial charge in [0.2, 0.25) is 5.91 Å². The minimum absolute atomic E-state index is 0. The average Bonchev–Trinajstić information content (AvgIpc) is 2.60. The molecule has 1 aliphatic rings. The topological polar surface area (TPSA) is 63.4 Å². The van der Waals surface area contributed by atoms with Crippen molar-refractivity contribution in [2.24, 2.45) is 0 Å². The highest BCUT2D eigenvalue weighted by molar-refractivity contribution is 6.01. The number of Topliss-reactive ketones (excluding diaryl/α,β-unsaturated/α-hetero) is 1. The Morgan fingerprint density at radius 2 is 1.80 bits per heavy atom. The molecule has 0 radical (unpaired) electrons. The van der Waals surface area contributed by atoms with E-state index >= 15 is 0 Å². The Kier molecular flexibility index (Phi) is 6.21. The highest BCUT2D eigenvalue weighted by Gasteiger charge is 2.24. The van der Waals surface area contributed by atoms with Gasteiger partial charge in [-0.15, -0.1) is 12.4 Å². The van der Waals surface area contributed by atoms with Crippen LogP contribution in [0, 0.1) is 6.92 Å². The van der Waals surface area contributed by atoms with Crippen LogP contribution < -0.4 is 10.6 Å². The number of hydrogen-bond donors (Lipinski definition) is 1. The summed E-state index contributed by atoms with van der Waals surface area (Å²) in [5, 5.41) is 0. The number of halogens is 1. The smallest absolute Gasteiger partial charge is 0.227 e. The van der Waals surface area contributed by atoms with Crippen molar-refractivity contribution in [1.29, 1.82) is 0 Å². The van der Waals surface area contributed by atoms with E-state index in [4.69, 9.17) is 5.73 Å². The number of benzene rings is 2. The van der Waals surface area contributed by atoms with Crippen molar-refractivity contribution in [1.82, 2.24) is 0 Å². The lowest BCUT2D eigenvalue weighted by atomic mass is 9.99. The molecule has 2 aromatic rings. The summed E-state index contributed by atoms with van der Waals surface area (Å²) in [7, 11) is 0. The van der Waals surface area contributed by atoms with Crippen LogP contribution in [0.2, 0.25) is 0 Å². The Labute approximate surface area is 154 Å². The lowest BCUT2D eigenvalue weighted by Crippen LogP contribution is -2.35. The second-order valence-electron chi connectivity index (χ2n) is 6.28. The zero-order chi connectivity index (χ0) is 17.1. The molecule has 0 aliphatic carbocycles. The first kappa shape index (κ1) is 19.0. The normalized spacial score (nSPS) is 12.9. The van der Waals surface area contributed by atoms with Crippen LogP contribution >= 0.6 is 12.4 Å². The summed E-state index contributed by atoms with van der Waals surface area (Å²) in [5.41, 5.74) is 10.5. The van der Waals surface area contributed by atoms with E-state index in [0.717, 1.165) is 35.3 Å². The molecular formula is C20H23ClN2O2. The van der Waals surface area contributed by atoms with Gasteiger partial charge >= 0.3 is 0 Å². The number of fused-ring (bicyclic) bond motifs is 1. The second kappa shape index (κ2) is 8.17. The van der Waals surface area contributed by atoms with E-state index in [0.29, 0.717) is 12.1 Å². The Hall–Kier alpha value is -2.33. The van der Waals surface area contributed by atoms with Crippen molar-refractivity contribution in [3.63, 3.8) is 0 Å². The maximum Gasteiger partial charge on any atom is 0.227 e. The predicted octanol–water partition coefficient (Wildman–Crippen LogP) is 3.94. The third kappa shape index (κ3) is 4.20. The van der Waals surface area contributed by atoms with Crippen LogP contribution in [0.4, 0.5) is 11.4 Å². The number of anilines is 2. The van der Waals surface area contributed by atoms with Crippen molar-refractivity contribution >= 4 is 35.5 Å². The zero-order valence-corrected chi connectivity index (χ0v) is 15.1. The van der Waals surface area contributed by atoms with Gasteiger partial charge in [-0.25, -0.2) is 0 Å². The molecule has 0 fully saturated rings. The molecule has 2 N–H and O–H groups in total. The van der Waals surface area contributed by atoms with Crippen molar-refractivity contribution in [3.05, 3.63) is 59.2 Å². The molecule has 0 aromatic heterocycles. The van der Waals surface area contributed by atoms with Crippen LogP contribution in [0.15, 0.2) is 42.5 Å². The van der Waals surface area contributed by atoms with Crippen LogP contribution in [0.5, 0.6) is 0 Å². The lowest BCUT2D eigenvalue weighted by Gasteiger charge is -2.30. The summed E-state index contributed by atoms with van der Waals surface area (Å²) >= 11 is 0. The molecular weight excluding hydrogens is 336 g/mol. The summed E-state index contributed by atoms with van der Waals surface area (Å²) < 4.78 is 0. The first-order chi connectivity index (χ1) is 11.6. The number of nitrogen functional groups attached to an aromatic ring is 1. The van der Waals surface area contributed by atoms with E-state index in [1.165, 1.54) is 0 Å². The van der Waals surface area contributed by atoms with Crippen LogP contribution in [0.1, 0.15) is 40.7 Å². The van der Waals surface area contributed by atoms with Gasteiger partial charge in [-0.1, -0.05) is 35.9 Å². The van der Waals surface area contributed by atoms with E-state index in [9.17, 15) is 9.59 Å². The predicted molar refractivity (Wildman–Crippen MR) is 104 cm³/mol. The molecule has 4 nitrogen and oxygen atoms in total. The van der Waals surface area contributed by atoms with Crippen LogP contribution in [-0.4, -0.2) is 18.2 Å². The fraction of sp³-hybridized carbons (Fsp3) is 0.300. The molecule has 0 bridgehead atoms. The summed E-state index contributed by atoms with van der Waals surface area (Å²) in [4.78, 5) is 26.6. The lowest BCUT2D eigenvalue weighted by molar-refractivity contribution is -0.118. The van der Waals surface area contributed by atoms with E-state index in [2.05, 4.69) is 0 Å². The first-order valence-electron chi connectivity index (χ1n) is 8.34. The largest absolute Gasteiger partial charge is 0.398 e.